The molecule has 3 aromatic heterocycles. The monoisotopic (exact) mass is 489 g/mol. The fraction of sp³-hybridized carbons (Fsp3) is 0. The number of para-hydroxylation sites is 1. The van der Waals surface area contributed by atoms with E-state index >= 15 is 0 Å². The van der Waals surface area contributed by atoms with Gasteiger partial charge in [-0.05, 0) is 59.3 Å². The van der Waals surface area contributed by atoms with Crippen molar-refractivity contribution in [3.05, 3.63) is 115 Å². The lowest BCUT2D eigenvalue weighted by Crippen LogP contribution is -1.93. The van der Waals surface area contributed by atoms with E-state index in [1.165, 1.54) is 52.8 Å². The summed E-state index contributed by atoms with van der Waals surface area (Å²) < 4.78 is 11.4. The molecule has 37 heavy (non-hydrogen) atoms. The van der Waals surface area contributed by atoms with E-state index in [2.05, 4.69) is 108 Å². The van der Waals surface area contributed by atoms with E-state index < -0.39 is 0 Å². The molecule has 0 radical (unpaired) electrons. The van der Waals surface area contributed by atoms with Gasteiger partial charge in [0.25, 0.3) is 0 Å². The summed E-state index contributed by atoms with van der Waals surface area (Å²) in [6, 6.07) is 41.7. The van der Waals surface area contributed by atoms with E-state index in [4.69, 9.17) is 4.42 Å². The first-order valence-corrected chi connectivity index (χ1v) is 13.3. The highest BCUT2D eigenvalue weighted by molar-refractivity contribution is 7.25. The predicted octanol–water partition coefficient (Wildman–Crippen LogP) is 10.2. The Balaban J connectivity index is 1.45. The molecule has 2 nitrogen and oxygen atoms in total. The minimum Gasteiger partial charge on any atom is -0.456 e. The lowest BCUT2D eigenvalue weighted by molar-refractivity contribution is 0.668. The normalized spacial score (nSPS) is 12.3. The molecule has 9 rings (SSSR count). The van der Waals surface area contributed by atoms with Crippen molar-refractivity contribution in [2.75, 3.05) is 0 Å². The van der Waals surface area contributed by atoms with Gasteiger partial charge in [-0.1, -0.05) is 60.7 Å². The number of fused-ring (bicyclic) bond motifs is 10. The maximum absolute atomic E-state index is 6.29. The van der Waals surface area contributed by atoms with Crippen LogP contribution >= 0.6 is 11.3 Å². The van der Waals surface area contributed by atoms with E-state index in [-0.39, 0.29) is 0 Å². The molecule has 0 aliphatic carbocycles. The molecule has 0 spiro atoms. The zero-order valence-corrected chi connectivity index (χ0v) is 20.5. The fourth-order valence-electron chi connectivity index (χ4n) is 6.05. The minimum absolute atomic E-state index is 0.913. The average Bonchev–Trinajstić information content (AvgIpc) is 3.59. The molecule has 9 aromatic rings. The van der Waals surface area contributed by atoms with Gasteiger partial charge < -0.3 is 8.98 Å². The molecule has 0 saturated heterocycles. The Morgan fingerprint density at radius 3 is 2.08 bits per heavy atom. The first kappa shape index (κ1) is 19.6. The summed E-state index contributed by atoms with van der Waals surface area (Å²) in [4.78, 5) is 0. The minimum atomic E-state index is 0.913. The summed E-state index contributed by atoms with van der Waals surface area (Å²) in [6.45, 7) is 0. The molecule has 6 aromatic carbocycles. The van der Waals surface area contributed by atoms with E-state index in [1.54, 1.807) is 0 Å². The van der Waals surface area contributed by atoms with Crippen LogP contribution in [0.25, 0.3) is 80.4 Å². The summed E-state index contributed by atoms with van der Waals surface area (Å²) in [7, 11) is 0. The molecule has 0 aliphatic heterocycles. The van der Waals surface area contributed by atoms with Crippen molar-refractivity contribution < 1.29 is 4.42 Å². The Bertz CT molecular complexity index is 2370. The maximum Gasteiger partial charge on any atom is 0.137 e. The SMILES string of the molecule is c1ccc2cc3c(cc2c1)c1cc2sc4ccccc4c2cc1n3-c1ccc2c(c1)oc1ccccc12. The van der Waals surface area contributed by atoms with Gasteiger partial charge in [0.05, 0.1) is 11.0 Å². The number of aromatic nitrogens is 1. The number of thiophene rings is 1. The molecule has 0 bridgehead atoms. The number of rotatable bonds is 1. The van der Waals surface area contributed by atoms with E-state index in [0.717, 1.165) is 27.6 Å². The largest absolute Gasteiger partial charge is 0.456 e. The van der Waals surface area contributed by atoms with Gasteiger partial charge in [0, 0.05) is 53.5 Å². The Morgan fingerprint density at radius 1 is 0.459 bits per heavy atom. The maximum atomic E-state index is 6.29. The van der Waals surface area contributed by atoms with Crippen LogP contribution in [0.5, 0.6) is 0 Å². The summed E-state index contributed by atoms with van der Waals surface area (Å²) in [5.41, 5.74) is 5.38. The smallest absolute Gasteiger partial charge is 0.137 e. The van der Waals surface area contributed by atoms with Crippen molar-refractivity contribution >= 4 is 86.0 Å². The standard InChI is InChI=1S/C34H19NOS/c1-2-8-21-16-29-26(15-20(21)7-1)27-19-34-28(25-10-4-6-12-33(25)37-34)18-30(27)35(29)22-13-14-24-23-9-3-5-11-31(23)36-32(24)17-22/h1-19H. The Kier molecular flexibility index (Phi) is 3.70. The van der Waals surface area contributed by atoms with E-state index in [0.29, 0.717) is 0 Å². The van der Waals surface area contributed by atoms with Crippen LogP contribution in [-0.2, 0) is 0 Å². The van der Waals surface area contributed by atoms with Crippen molar-refractivity contribution in [2.24, 2.45) is 0 Å². The van der Waals surface area contributed by atoms with Crippen LogP contribution in [0.1, 0.15) is 0 Å². The second-order valence-electron chi connectivity index (χ2n) is 9.79. The zero-order chi connectivity index (χ0) is 24.1. The Morgan fingerprint density at radius 2 is 1.16 bits per heavy atom. The summed E-state index contributed by atoms with van der Waals surface area (Å²) in [5, 5.41) is 10.0. The molecule has 3 heterocycles. The van der Waals surface area contributed by atoms with Crippen molar-refractivity contribution in [1.82, 2.24) is 4.57 Å². The van der Waals surface area contributed by atoms with Crippen molar-refractivity contribution in [1.29, 1.82) is 0 Å². The van der Waals surface area contributed by atoms with E-state index in [1.807, 2.05) is 23.5 Å². The Labute approximate surface area is 215 Å². The second kappa shape index (κ2) is 7.00. The number of benzene rings is 6. The third-order valence-electron chi connectivity index (χ3n) is 7.75. The van der Waals surface area contributed by atoms with Gasteiger partial charge in [-0.3, -0.25) is 0 Å². The number of nitrogens with zero attached hydrogens (tertiary/aromatic N) is 1. The van der Waals surface area contributed by atoms with Crippen molar-refractivity contribution in [3.8, 4) is 5.69 Å². The zero-order valence-electron chi connectivity index (χ0n) is 19.7. The van der Waals surface area contributed by atoms with E-state index in [9.17, 15) is 0 Å². The summed E-state index contributed by atoms with van der Waals surface area (Å²) in [6.07, 6.45) is 0. The van der Waals surface area contributed by atoms with Crippen LogP contribution in [0.15, 0.2) is 120 Å². The molecular formula is C34H19NOS. The molecule has 0 N–H and O–H groups in total. The molecule has 0 amide bonds. The average molecular weight is 490 g/mol. The fourth-order valence-corrected chi connectivity index (χ4v) is 7.18. The summed E-state index contributed by atoms with van der Waals surface area (Å²) in [5.74, 6) is 0. The van der Waals surface area contributed by atoms with Crippen LogP contribution in [0, 0.1) is 0 Å². The molecule has 0 atom stereocenters. The van der Waals surface area contributed by atoms with Gasteiger partial charge in [0.1, 0.15) is 11.2 Å². The van der Waals surface area contributed by atoms with Gasteiger partial charge in [-0.15, -0.1) is 11.3 Å². The van der Waals surface area contributed by atoms with Gasteiger partial charge in [-0.25, -0.2) is 0 Å². The quantitative estimate of drug-likeness (QED) is 0.224. The number of furan rings is 1. The number of hydrogen-bond acceptors (Lipinski definition) is 2. The van der Waals surface area contributed by atoms with Gasteiger partial charge in [0.2, 0.25) is 0 Å². The highest BCUT2D eigenvalue weighted by Gasteiger charge is 2.17. The van der Waals surface area contributed by atoms with Crippen LogP contribution in [0.3, 0.4) is 0 Å². The lowest BCUT2D eigenvalue weighted by Gasteiger charge is -2.09. The lowest BCUT2D eigenvalue weighted by atomic mass is 10.1. The van der Waals surface area contributed by atoms with Gasteiger partial charge in [0.15, 0.2) is 0 Å². The third-order valence-corrected chi connectivity index (χ3v) is 8.89. The van der Waals surface area contributed by atoms with Gasteiger partial charge >= 0.3 is 0 Å². The van der Waals surface area contributed by atoms with Crippen LogP contribution in [-0.4, -0.2) is 4.57 Å². The molecule has 0 saturated carbocycles. The number of hydrogen-bond donors (Lipinski definition) is 0. The van der Waals surface area contributed by atoms with Crippen molar-refractivity contribution in [2.45, 2.75) is 0 Å². The van der Waals surface area contributed by atoms with Crippen LogP contribution in [0.4, 0.5) is 0 Å². The Hall–Kier alpha value is -4.60. The summed E-state index contributed by atoms with van der Waals surface area (Å²) >= 11 is 1.87. The molecule has 0 fully saturated rings. The second-order valence-corrected chi connectivity index (χ2v) is 10.9. The van der Waals surface area contributed by atoms with Crippen LogP contribution < -0.4 is 0 Å². The third kappa shape index (κ3) is 2.64. The highest BCUT2D eigenvalue weighted by Crippen LogP contribution is 2.42. The molecule has 0 aliphatic rings. The topological polar surface area (TPSA) is 18.1 Å². The first-order valence-electron chi connectivity index (χ1n) is 12.5. The molecule has 3 heteroatoms. The highest BCUT2D eigenvalue weighted by atomic mass is 32.1. The first-order chi connectivity index (χ1) is 18.3. The molecule has 0 unspecified atom stereocenters. The predicted molar refractivity (Wildman–Crippen MR) is 158 cm³/mol. The van der Waals surface area contributed by atoms with Crippen molar-refractivity contribution in [3.63, 3.8) is 0 Å². The molecular weight excluding hydrogens is 470 g/mol. The van der Waals surface area contributed by atoms with Gasteiger partial charge in [-0.2, -0.15) is 0 Å². The molecule has 172 valence electrons. The van der Waals surface area contributed by atoms with Crippen LogP contribution in [0.2, 0.25) is 0 Å².